The number of carbonyl (C=O) groups excluding carboxylic acids is 1. The van der Waals surface area contributed by atoms with E-state index in [1.165, 1.54) is 0 Å². The lowest BCUT2D eigenvalue weighted by Gasteiger charge is -2.12. The molecule has 2 rings (SSSR count). The molecule has 0 saturated carbocycles. The molecule has 130 valence electrons. The third kappa shape index (κ3) is 4.79. The van der Waals surface area contributed by atoms with Crippen LogP contribution in [-0.4, -0.2) is 34.3 Å². The fourth-order valence-corrected chi connectivity index (χ4v) is 2.31. The smallest absolute Gasteiger partial charge is 0.251 e. The van der Waals surface area contributed by atoms with Gasteiger partial charge in [0, 0.05) is 24.2 Å². The molecule has 0 aliphatic heterocycles. The summed E-state index contributed by atoms with van der Waals surface area (Å²) in [7, 11) is 0. The van der Waals surface area contributed by atoms with Crippen LogP contribution in [0.4, 0.5) is 5.69 Å². The van der Waals surface area contributed by atoms with E-state index < -0.39 is 0 Å². The second-order valence-corrected chi connectivity index (χ2v) is 5.52. The van der Waals surface area contributed by atoms with E-state index in [9.17, 15) is 4.79 Å². The molecule has 1 amide bonds. The van der Waals surface area contributed by atoms with E-state index in [1.807, 2.05) is 19.1 Å². The zero-order valence-electron chi connectivity index (χ0n) is 14.1. The molecule has 0 unspecified atom stereocenters. The summed E-state index contributed by atoms with van der Waals surface area (Å²) in [5.41, 5.74) is 2.24. The highest BCUT2D eigenvalue weighted by molar-refractivity contribution is 5.97. The number of rotatable bonds is 9. The lowest BCUT2D eigenvalue weighted by Crippen LogP contribution is -2.27. The van der Waals surface area contributed by atoms with Crippen LogP contribution in [-0.2, 0) is 13.0 Å². The van der Waals surface area contributed by atoms with Crippen molar-refractivity contribution < 1.29 is 14.4 Å². The number of aryl methyl sites for hydroxylation is 1. The largest absolute Gasteiger partial charge is 0.395 e. The molecular formula is C17H24N4O3. The Morgan fingerprint density at radius 2 is 2.21 bits per heavy atom. The van der Waals surface area contributed by atoms with Crippen LogP contribution in [0.1, 0.15) is 47.4 Å². The Labute approximate surface area is 141 Å². The van der Waals surface area contributed by atoms with Crippen LogP contribution in [0.15, 0.2) is 22.7 Å². The molecule has 1 heterocycles. The number of nitrogens with zero attached hydrogens (tertiary/aromatic N) is 2. The molecule has 0 bridgehead atoms. The highest BCUT2D eigenvalue weighted by Crippen LogP contribution is 2.19. The predicted molar refractivity (Wildman–Crippen MR) is 90.8 cm³/mol. The van der Waals surface area contributed by atoms with Gasteiger partial charge in [0.1, 0.15) is 0 Å². The fourth-order valence-electron chi connectivity index (χ4n) is 2.31. The van der Waals surface area contributed by atoms with E-state index >= 15 is 0 Å². The van der Waals surface area contributed by atoms with E-state index in [-0.39, 0.29) is 19.1 Å². The summed E-state index contributed by atoms with van der Waals surface area (Å²) in [5, 5.41) is 18.6. The number of aromatic nitrogens is 2. The summed E-state index contributed by atoms with van der Waals surface area (Å²) >= 11 is 0. The van der Waals surface area contributed by atoms with Gasteiger partial charge in [-0.05, 0) is 31.0 Å². The Hall–Kier alpha value is -2.41. The van der Waals surface area contributed by atoms with Crippen molar-refractivity contribution in [2.75, 3.05) is 18.5 Å². The van der Waals surface area contributed by atoms with Crippen molar-refractivity contribution in [2.24, 2.45) is 0 Å². The molecule has 24 heavy (non-hydrogen) atoms. The lowest BCUT2D eigenvalue weighted by molar-refractivity contribution is 0.0944. The average molecular weight is 332 g/mol. The lowest BCUT2D eigenvalue weighted by atomic mass is 10.1. The van der Waals surface area contributed by atoms with Gasteiger partial charge in [0.15, 0.2) is 5.82 Å². The molecule has 0 aliphatic carbocycles. The molecule has 0 radical (unpaired) electrons. The summed E-state index contributed by atoms with van der Waals surface area (Å²) in [6, 6.07) is 5.46. The molecule has 0 fully saturated rings. The quantitative estimate of drug-likeness (QED) is 0.650. The zero-order valence-corrected chi connectivity index (χ0v) is 14.1. The maximum atomic E-state index is 12.1. The number of aliphatic hydroxyl groups excluding tert-OH is 1. The first-order valence-corrected chi connectivity index (χ1v) is 8.19. The van der Waals surface area contributed by atoms with E-state index in [0.29, 0.717) is 18.0 Å². The minimum Gasteiger partial charge on any atom is -0.395 e. The van der Waals surface area contributed by atoms with E-state index in [4.69, 9.17) is 9.63 Å². The first kappa shape index (κ1) is 17.9. The number of anilines is 1. The van der Waals surface area contributed by atoms with Gasteiger partial charge >= 0.3 is 0 Å². The fraction of sp³-hybridized carbons (Fsp3) is 0.471. The van der Waals surface area contributed by atoms with Crippen molar-refractivity contribution in [1.82, 2.24) is 15.5 Å². The van der Waals surface area contributed by atoms with Crippen molar-refractivity contribution in [1.29, 1.82) is 0 Å². The van der Waals surface area contributed by atoms with Gasteiger partial charge in [-0.3, -0.25) is 4.79 Å². The Bertz CT molecular complexity index is 670. The van der Waals surface area contributed by atoms with E-state index in [0.717, 1.165) is 36.3 Å². The van der Waals surface area contributed by atoms with Crippen molar-refractivity contribution >= 4 is 11.6 Å². The van der Waals surface area contributed by atoms with Gasteiger partial charge in [0.25, 0.3) is 5.91 Å². The van der Waals surface area contributed by atoms with Crippen LogP contribution in [0.3, 0.4) is 0 Å². The van der Waals surface area contributed by atoms with E-state index in [1.54, 1.807) is 6.07 Å². The topological polar surface area (TPSA) is 100 Å². The zero-order chi connectivity index (χ0) is 17.4. The molecule has 0 aliphatic rings. The molecule has 7 nitrogen and oxygen atoms in total. The van der Waals surface area contributed by atoms with Gasteiger partial charge in [-0.15, -0.1) is 0 Å². The first-order chi connectivity index (χ1) is 11.7. The summed E-state index contributed by atoms with van der Waals surface area (Å²) < 4.78 is 5.22. The standard InChI is InChI=1S/C17H24N4O3/c1-3-4-8-15-20-16(24-21-15)11-19-14-7-5-6-13(12(14)2)17(23)18-9-10-22/h5-7,19,22H,3-4,8-11H2,1-2H3,(H,18,23). The molecule has 3 N–H and O–H groups in total. The summed E-state index contributed by atoms with van der Waals surface area (Å²) in [5.74, 6) is 1.04. The monoisotopic (exact) mass is 332 g/mol. The average Bonchev–Trinajstić information content (AvgIpc) is 3.04. The number of nitrogens with one attached hydrogen (secondary N) is 2. The van der Waals surface area contributed by atoms with Crippen LogP contribution in [0.25, 0.3) is 0 Å². The Kier molecular flexibility index (Phi) is 6.74. The van der Waals surface area contributed by atoms with Crippen LogP contribution in [0.2, 0.25) is 0 Å². The Balaban J connectivity index is 1.99. The highest BCUT2D eigenvalue weighted by atomic mass is 16.5. The maximum Gasteiger partial charge on any atom is 0.251 e. The van der Waals surface area contributed by atoms with Crippen LogP contribution < -0.4 is 10.6 Å². The minimum absolute atomic E-state index is 0.0831. The maximum absolute atomic E-state index is 12.1. The van der Waals surface area contributed by atoms with Gasteiger partial charge in [-0.1, -0.05) is 24.6 Å². The number of unbranched alkanes of at least 4 members (excludes halogenated alkanes) is 1. The van der Waals surface area contributed by atoms with Crippen molar-refractivity contribution in [3.8, 4) is 0 Å². The molecule has 2 aromatic rings. The summed E-state index contributed by atoms with van der Waals surface area (Å²) in [6.07, 6.45) is 2.95. The molecule has 0 atom stereocenters. The second kappa shape index (κ2) is 9.02. The molecule has 0 spiro atoms. The number of benzene rings is 1. The first-order valence-electron chi connectivity index (χ1n) is 8.19. The summed E-state index contributed by atoms with van der Waals surface area (Å²) in [6.45, 7) is 4.55. The third-order valence-electron chi connectivity index (χ3n) is 3.67. The van der Waals surface area contributed by atoms with Gasteiger partial charge in [-0.2, -0.15) is 4.98 Å². The summed E-state index contributed by atoms with van der Waals surface area (Å²) in [4.78, 5) is 16.4. The molecule has 0 saturated heterocycles. The van der Waals surface area contributed by atoms with E-state index in [2.05, 4.69) is 27.7 Å². The van der Waals surface area contributed by atoms with Gasteiger partial charge < -0.3 is 20.3 Å². The number of amides is 1. The Morgan fingerprint density at radius 3 is 2.96 bits per heavy atom. The SMILES string of the molecule is CCCCc1noc(CNc2cccc(C(=O)NCCO)c2C)n1. The van der Waals surface area contributed by atoms with Crippen molar-refractivity contribution in [2.45, 2.75) is 39.7 Å². The number of carbonyl (C=O) groups is 1. The number of aliphatic hydroxyl groups is 1. The highest BCUT2D eigenvalue weighted by Gasteiger charge is 2.12. The predicted octanol–water partition coefficient (Wildman–Crippen LogP) is 2.05. The number of hydrogen-bond acceptors (Lipinski definition) is 6. The molecule has 1 aromatic heterocycles. The molecular weight excluding hydrogens is 308 g/mol. The number of hydrogen-bond donors (Lipinski definition) is 3. The minimum atomic E-state index is -0.204. The molecule has 1 aromatic carbocycles. The van der Waals surface area contributed by atoms with Gasteiger partial charge in [0.05, 0.1) is 13.2 Å². The van der Waals surface area contributed by atoms with Gasteiger partial charge in [0.2, 0.25) is 5.89 Å². The van der Waals surface area contributed by atoms with Crippen molar-refractivity contribution in [3.05, 3.63) is 41.0 Å². The van der Waals surface area contributed by atoms with Crippen LogP contribution in [0.5, 0.6) is 0 Å². The van der Waals surface area contributed by atoms with Crippen LogP contribution >= 0.6 is 0 Å². The van der Waals surface area contributed by atoms with Crippen molar-refractivity contribution in [3.63, 3.8) is 0 Å². The third-order valence-corrected chi connectivity index (χ3v) is 3.67. The molecule has 7 heteroatoms. The second-order valence-electron chi connectivity index (χ2n) is 5.52. The Morgan fingerprint density at radius 1 is 1.38 bits per heavy atom. The van der Waals surface area contributed by atoms with Gasteiger partial charge in [-0.25, -0.2) is 0 Å². The normalized spacial score (nSPS) is 10.6. The van der Waals surface area contributed by atoms with Crippen LogP contribution in [0, 0.1) is 6.92 Å².